The molecule has 0 aromatic heterocycles. The molecule has 0 saturated heterocycles. The second-order valence-corrected chi connectivity index (χ2v) is 18.8. The molecule has 9 aromatic rings. The second-order valence-electron chi connectivity index (χ2n) is 13.5. The van der Waals surface area contributed by atoms with E-state index in [1.54, 1.807) is 54.6 Å². The number of fused-ring (bicyclic) bond motifs is 12. The third-order valence-electron chi connectivity index (χ3n) is 11.0. The third kappa shape index (κ3) is 4.66. The monoisotopic (exact) mass is 786 g/mol. The summed E-state index contributed by atoms with van der Waals surface area (Å²) in [4.78, 5) is 0. The van der Waals surface area contributed by atoms with Gasteiger partial charge in [0, 0.05) is 31.8 Å². The fourth-order valence-corrected chi connectivity index (χ4v) is 13.3. The lowest BCUT2D eigenvalue weighted by Crippen LogP contribution is -2.31. The Morgan fingerprint density at radius 3 is 1.32 bits per heavy atom. The van der Waals surface area contributed by atoms with Crippen LogP contribution in [0.3, 0.4) is 0 Å². The van der Waals surface area contributed by atoms with Gasteiger partial charge >= 0.3 is 0 Å². The second kappa shape index (κ2) is 12.9. The molecule has 11 rings (SSSR count). The Labute approximate surface area is 361 Å². The molecule has 0 heterocycles. The Morgan fingerprint density at radius 2 is 0.807 bits per heavy atom. The van der Waals surface area contributed by atoms with Gasteiger partial charge in [-0.25, -0.2) is 0 Å². The molecule has 2 aliphatic rings. The minimum Gasteiger partial charge on any atom is -0.309 e. The molecule has 0 bridgehead atoms. The summed E-state index contributed by atoms with van der Waals surface area (Å²) in [5, 5.41) is -3.48. The van der Waals surface area contributed by atoms with E-state index in [0.717, 1.165) is 0 Å². The summed E-state index contributed by atoms with van der Waals surface area (Å²) < 4.78 is 212. The number of rotatable bonds is 6. The van der Waals surface area contributed by atoms with Crippen LogP contribution in [0.15, 0.2) is 218 Å². The van der Waals surface area contributed by atoms with Crippen LogP contribution in [0.4, 0.5) is 0 Å². The Morgan fingerprint density at radius 1 is 0.368 bits per heavy atom. The fourth-order valence-electron chi connectivity index (χ4n) is 8.75. The minimum absolute atomic E-state index is 0.115. The van der Waals surface area contributed by atoms with Gasteiger partial charge in [0.2, 0.25) is 0 Å². The van der Waals surface area contributed by atoms with Crippen molar-refractivity contribution in [2.45, 2.75) is 5.41 Å². The van der Waals surface area contributed by atoms with Gasteiger partial charge in [0.25, 0.3) is 0 Å². The smallest absolute Gasteiger partial charge is 0.171 e. The molecule has 270 valence electrons. The Hall–Kier alpha value is -6.30. The highest BCUT2D eigenvalue weighted by atomic mass is 31.2. The zero-order valence-corrected chi connectivity index (χ0v) is 31.2. The third-order valence-corrected chi connectivity index (χ3v) is 16.4. The fraction of sp³-hybridized carbons (Fsp3) is 0.0189. The lowest BCUT2D eigenvalue weighted by Gasteiger charge is -2.32. The van der Waals surface area contributed by atoms with E-state index in [0.29, 0.717) is 49.9 Å². The van der Waals surface area contributed by atoms with Crippen LogP contribution in [0, 0.1) is 0 Å². The van der Waals surface area contributed by atoms with Gasteiger partial charge in [-0.05, 0) is 67.4 Å². The first kappa shape index (κ1) is 19.2. The van der Waals surface area contributed by atoms with Crippen LogP contribution in [0.1, 0.15) is 49.7 Å². The molecule has 9 aromatic carbocycles. The first-order valence-electron chi connectivity index (χ1n) is 27.8. The van der Waals surface area contributed by atoms with E-state index in [2.05, 4.69) is 0 Å². The Balaban J connectivity index is 1.37. The van der Waals surface area contributed by atoms with E-state index in [-0.39, 0.29) is 16.0 Å². The van der Waals surface area contributed by atoms with Gasteiger partial charge in [0.15, 0.2) is 14.3 Å². The van der Waals surface area contributed by atoms with Crippen molar-refractivity contribution in [3.63, 3.8) is 0 Å². The SMILES string of the molecule is [2H]c1c([2H])c([2H])c(P(=O)(c2ccc3c(c2)C2(c4ccccc4-c4ccccc42)c2cc(P(=O)(c4c([2H])c([2H])c([2H])c([2H])c4[2H])c4c([2H])c([2H])c([2H])c([2H])c4[2H])c4ccccc4c2-3)c2c([2H])c([2H])c([2H])c([2H])c2[2H])c([2H])c1[2H]. The van der Waals surface area contributed by atoms with Crippen LogP contribution in [0.2, 0.25) is 0 Å². The summed E-state index contributed by atoms with van der Waals surface area (Å²) in [6.07, 6.45) is 0. The van der Waals surface area contributed by atoms with Gasteiger partial charge in [-0.1, -0.05) is 206 Å². The van der Waals surface area contributed by atoms with Crippen molar-refractivity contribution in [1.29, 1.82) is 0 Å². The molecule has 0 amide bonds. The largest absolute Gasteiger partial charge is 0.309 e. The van der Waals surface area contributed by atoms with Gasteiger partial charge in [0.05, 0.1) is 32.8 Å². The van der Waals surface area contributed by atoms with Crippen molar-refractivity contribution < 1.29 is 36.5 Å². The van der Waals surface area contributed by atoms with Crippen LogP contribution >= 0.6 is 14.3 Å². The molecule has 0 aliphatic heterocycles. The first-order valence-corrected chi connectivity index (χ1v) is 21.2. The lowest BCUT2D eigenvalue weighted by atomic mass is 9.70. The molecular formula is C53H36O2P2. The van der Waals surface area contributed by atoms with Crippen molar-refractivity contribution in [2.75, 3.05) is 0 Å². The zero-order valence-electron chi connectivity index (χ0n) is 49.4. The molecule has 0 saturated carbocycles. The molecule has 0 unspecified atom stereocenters. The maximum atomic E-state index is 17.4. The summed E-state index contributed by atoms with van der Waals surface area (Å²) >= 11 is 0. The number of hydrogen-bond donors (Lipinski definition) is 0. The average molecular weight is 787 g/mol. The topological polar surface area (TPSA) is 34.1 Å². The van der Waals surface area contributed by atoms with Crippen LogP contribution in [-0.4, -0.2) is 0 Å². The van der Waals surface area contributed by atoms with Crippen LogP contribution < -0.4 is 31.8 Å². The van der Waals surface area contributed by atoms with Crippen molar-refractivity contribution >= 4 is 56.9 Å². The minimum atomic E-state index is -5.37. The summed E-state index contributed by atoms with van der Waals surface area (Å²) in [6, 6.07) is 8.48. The molecule has 0 N–H and O–H groups in total. The van der Waals surface area contributed by atoms with E-state index < -0.39 is 162 Å². The lowest BCUT2D eigenvalue weighted by molar-refractivity contribution is 0.591. The Kier molecular flexibility index (Phi) is 4.34. The van der Waals surface area contributed by atoms with Crippen molar-refractivity contribution in [2.24, 2.45) is 0 Å². The highest BCUT2D eigenvalue weighted by Crippen LogP contribution is 2.64. The average Bonchev–Trinajstić information content (AvgIpc) is 3.65. The quantitative estimate of drug-likeness (QED) is 0.157. The van der Waals surface area contributed by atoms with E-state index >= 15 is 9.13 Å². The van der Waals surface area contributed by atoms with Crippen molar-refractivity contribution in [3.05, 3.63) is 240 Å². The van der Waals surface area contributed by atoms with Gasteiger partial charge in [-0.3, -0.25) is 0 Å². The normalized spacial score (nSPS) is 18.5. The standard InChI is InChI=1S/C53H36O2P2/c54-56(37-19-5-1-6-20-37,38-21-7-2-8-22-38)41-33-34-46-49(35-41)53(47-31-17-15-27-42(47)43-28-16-18-32-48(43)53)50-36-51(44-29-13-14-30-45(44)52(46)50)57(55,39-23-9-3-10-24-39)40-25-11-4-12-26-40/h1-36H/i1D,2D,3D,4D,5D,6D,7D,8D,9D,10D,11D,12D,19D,20D,21D,22D,23D,24D,25D,26D. The molecule has 0 atom stereocenters. The van der Waals surface area contributed by atoms with Crippen LogP contribution in [0.5, 0.6) is 0 Å². The van der Waals surface area contributed by atoms with Gasteiger partial charge < -0.3 is 9.13 Å². The van der Waals surface area contributed by atoms with Crippen molar-refractivity contribution in [3.8, 4) is 22.3 Å². The predicted octanol–water partition coefficient (Wildman–Crippen LogP) is 10.5. The van der Waals surface area contributed by atoms with E-state index in [1.165, 1.54) is 18.2 Å². The summed E-state index contributed by atoms with van der Waals surface area (Å²) in [6.45, 7) is 0. The first-order chi connectivity index (χ1) is 36.3. The molecule has 2 aliphatic carbocycles. The molecular weight excluding hydrogens is 731 g/mol. The molecule has 0 fully saturated rings. The van der Waals surface area contributed by atoms with Gasteiger partial charge in [-0.2, -0.15) is 0 Å². The molecule has 2 nitrogen and oxygen atoms in total. The van der Waals surface area contributed by atoms with Crippen LogP contribution in [-0.2, 0) is 14.5 Å². The molecule has 0 radical (unpaired) electrons. The maximum absolute atomic E-state index is 17.4. The van der Waals surface area contributed by atoms with Gasteiger partial charge in [-0.15, -0.1) is 0 Å². The van der Waals surface area contributed by atoms with E-state index in [1.807, 2.05) is 24.3 Å². The predicted molar refractivity (Wildman–Crippen MR) is 239 cm³/mol. The van der Waals surface area contributed by atoms with Gasteiger partial charge in [0.1, 0.15) is 0 Å². The van der Waals surface area contributed by atoms with E-state index in [4.69, 9.17) is 16.4 Å². The van der Waals surface area contributed by atoms with Crippen LogP contribution in [0.25, 0.3) is 33.0 Å². The summed E-state index contributed by atoms with van der Waals surface area (Å²) in [5.74, 6) is 0. The maximum Gasteiger partial charge on any atom is 0.171 e. The Bertz CT molecular complexity index is 4020. The summed E-state index contributed by atoms with van der Waals surface area (Å²) in [5.41, 5.74) is 2.24. The number of hydrogen-bond acceptors (Lipinski definition) is 2. The molecule has 1 spiro atoms. The summed E-state index contributed by atoms with van der Waals surface area (Å²) in [7, 11) is -10.6. The highest BCUT2D eigenvalue weighted by Gasteiger charge is 2.53. The number of benzene rings is 9. The van der Waals surface area contributed by atoms with E-state index in [9.17, 15) is 11.0 Å². The molecule has 57 heavy (non-hydrogen) atoms. The zero-order chi connectivity index (χ0) is 55.6. The highest BCUT2D eigenvalue weighted by molar-refractivity contribution is 7.86. The molecule has 4 heteroatoms. The van der Waals surface area contributed by atoms with Crippen molar-refractivity contribution in [1.82, 2.24) is 0 Å².